The number of aromatic nitrogens is 2. The molecule has 1 heterocycles. The van der Waals surface area contributed by atoms with E-state index in [-0.39, 0.29) is 5.82 Å². The van der Waals surface area contributed by atoms with Crippen molar-refractivity contribution in [3.63, 3.8) is 0 Å². The molecule has 0 spiro atoms. The SMILES string of the molecule is Nc1ccc2cnn(Cc3ccc(F)cc3Cl)c2c1. The van der Waals surface area contributed by atoms with Crippen LogP contribution < -0.4 is 5.73 Å². The highest BCUT2D eigenvalue weighted by Gasteiger charge is 2.07. The quantitative estimate of drug-likeness (QED) is 0.728. The summed E-state index contributed by atoms with van der Waals surface area (Å²) >= 11 is 6.02. The van der Waals surface area contributed by atoms with Crippen LogP contribution in [0.1, 0.15) is 5.56 Å². The average molecular weight is 276 g/mol. The molecular formula is C14H11ClFN3. The summed E-state index contributed by atoms with van der Waals surface area (Å²) in [4.78, 5) is 0. The Hall–Kier alpha value is -2.07. The minimum absolute atomic E-state index is 0.344. The van der Waals surface area contributed by atoms with Gasteiger partial charge in [-0.05, 0) is 35.9 Å². The monoisotopic (exact) mass is 275 g/mol. The zero-order valence-electron chi connectivity index (χ0n) is 9.98. The second-order valence-electron chi connectivity index (χ2n) is 4.36. The molecule has 3 rings (SSSR count). The van der Waals surface area contributed by atoms with Crippen LogP contribution >= 0.6 is 11.6 Å². The Balaban J connectivity index is 2.03. The lowest BCUT2D eigenvalue weighted by molar-refractivity contribution is 0.625. The van der Waals surface area contributed by atoms with Crippen LogP contribution in [0.15, 0.2) is 42.6 Å². The number of fused-ring (bicyclic) bond motifs is 1. The maximum atomic E-state index is 13.0. The van der Waals surface area contributed by atoms with Crippen molar-refractivity contribution in [2.24, 2.45) is 0 Å². The van der Waals surface area contributed by atoms with Gasteiger partial charge in [0.15, 0.2) is 0 Å². The van der Waals surface area contributed by atoms with E-state index in [1.165, 1.54) is 12.1 Å². The molecular weight excluding hydrogens is 265 g/mol. The Morgan fingerprint density at radius 2 is 2.05 bits per heavy atom. The van der Waals surface area contributed by atoms with Crippen molar-refractivity contribution in [2.75, 3.05) is 5.73 Å². The number of hydrogen-bond acceptors (Lipinski definition) is 2. The van der Waals surface area contributed by atoms with Crippen LogP contribution in [-0.4, -0.2) is 9.78 Å². The predicted molar refractivity (Wildman–Crippen MR) is 74.7 cm³/mol. The molecule has 3 aromatic rings. The molecule has 0 saturated carbocycles. The summed E-state index contributed by atoms with van der Waals surface area (Å²) in [6.07, 6.45) is 1.77. The zero-order valence-corrected chi connectivity index (χ0v) is 10.7. The molecule has 0 saturated heterocycles. The van der Waals surface area contributed by atoms with E-state index in [1.807, 2.05) is 18.2 Å². The van der Waals surface area contributed by atoms with Crippen molar-refractivity contribution in [1.82, 2.24) is 9.78 Å². The maximum absolute atomic E-state index is 13.0. The summed E-state index contributed by atoms with van der Waals surface area (Å²) in [5.41, 5.74) is 8.20. The highest BCUT2D eigenvalue weighted by molar-refractivity contribution is 6.31. The van der Waals surface area contributed by atoms with Crippen LogP contribution in [0, 0.1) is 5.82 Å². The Kier molecular flexibility index (Phi) is 2.87. The van der Waals surface area contributed by atoms with Gasteiger partial charge in [-0.3, -0.25) is 4.68 Å². The average Bonchev–Trinajstić information content (AvgIpc) is 2.75. The first-order chi connectivity index (χ1) is 9.13. The first kappa shape index (κ1) is 12.0. The Morgan fingerprint density at radius 1 is 1.21 bits per heavy atom. The fraction of sp³-hybridized carbons (Fsp3) is 0.0714. The number of nitrogens with zero attached hydrogens (tertiary/aromatic N) is 2. The van der Waals surface area contributed by atoms with Gasteiger partial charge in [0.25, 0.3) is 0 Å². The minimum atomic E-state index is -0.344. The third-order valence-electron chi connectivity index (χ3n) is 3.00. The minimum Gasteiger partial charge on any atom is -0.399 e. The van der Waals surface area contributed by atoms with Gasteiger partial charge in [0, 0.05) is 16.1 Å². The largest absolute Gasteiger partial charge is 0.399 e. The Bertz CT molecular complexity index is 752. The first-order valence-electron chi connectivity index (χ1n) is 5.78. The highest BCUT2D eigenvalue weighted by atomic mass is 35.5. The summed E-state index contributed by atoms with van der Waals surface area (Å²) in [7, 11) is 0. The number of rotatable bonds is 2. The molecule has 3 nitrogen and oxygen atoms in total. The van der Waals surface area contributed by atoms with E-state index < -0.39 is 0 Å². The molecule has 0 aliphatic rings. The predicted octanol–water partition coefficient (Wildman–Crippen LogP) is 3.46. The maximum Gasteiger partial charge on any atom is 0.124 e. The summed E-state index contributed by atoms with van der Waals surface area (Å²) in [6, 6.07) is 9.97. The van der Waals surface area contributed by atoms with E-state index >= 15 is 0 Å². The van der Waals surface area contributed by atoms with Gasteiger partial charge in [0.1, 0.15) is 5.82 Å². The molecule has 1 aromatic heterocycles. The standard InChI is InChI=1S/C14H11ClFN3/c15-13-5-11(16)3-1-10(13)8-19-14-6-12(17)4-2-9(14)7-18-19/h1-7H,8,17H2. The summed E-state index contributed by atoms with van der Waals surface area (Å²) in [6.45, 7) is 0.478. The van der Waals surface area contributed by atoms with Crippen LogP contribution in [0.4, 0.5) is 10.1 Å². The van der Waals surface area contributed by atoms with Crippen molar-refractivity contribution in [2.45, 2.75) is 6.54 Å². The highest BCUT2D eigenvalue weighted by Crippen LogP contribution is 2.22. The second kappa shape index (κ2) is 4.55. The van der Waals surface area contributed by atoms with E-state index in [2.05, 4.69) is 5.10 Å². The molecule has 0 atom stereocenters. The Morgan fingerprint density at radius 3 is 2.84 bits per heavy atom. The molecule has 5 heteroatoms. The van der Waals surface area contributed by atoms with Crippen LogP contribution in [0.2, 0.25) is 5.02 Å². The number of hydrogen-bond donors (Lipinski definition) is 1. The lowest BCUT2D eigenvalue weighted by Crippen LogP contribution is -2.02. The number of nitrogen functional groups attached to an aromatic ring is 1. The summed E-state index contributed by atoms with van der Waals surface area (Å²) in [5, 5.41) is 5.71. The van der Waals surface area contributed by atoms with Crippen LogP contribution in [0.3, 0.4) is 0 Å². The van der Waals surface area contributed by atoms with Gasteiger partial charge in [0.05, 0.1) is 18.3 Å². The molecule has 0 amide bonds. The van der Waals surface area contributed by atoms with E-state index in [4.69, 9.17) is 17.3 Å². The van der Waals surface area contributed by atoms with E-state index in [1.54, 1.807) is 16.9 Å². The van der Waals surface area contributed by atoms with Crippen molar-refractivity contribution in [1.29, 1.82) is 0 Å². The van der Waals surface area contributed by atoms with Crippen molar-refractivity contribution >= 4 is 28.2 Å². The lowest BCUT2D eigenvalue weighted by Gasteiger charge is -2.06. The molecule has 0 aliphatic heterocycles. The molecule has 2 aromatic carbocycles. The fourth-order valence-electron chi connectivity index (χ4n) is 2.02. The second-order valence-corrected chi connectivity index (χ2v) is 4.76. The summed E-state index contributed by atoms with van der Waals surface area (Å²) in [5.74, 6) is -0.344. The number of anilines is 1. The molecule has 96 valence electrons. The van der Waals surface area contributed by atoms with Gasteiger partial charge in [0.2, 0.25) is 0 Å². The third kappa shape index (κ3) is 2.27. The number of benzene rings is 2. The first-order valence-corrected chi connectivity index (χ1v) is 6.16. The van der Waals surface area contributed by atoms with Crippen molar-refractivity contribution in [3.05, 3.63) is 59.0 Å². The Labute approximate surface area is 114 Å². The van der Waals surface area contributed by atoms with Gasteiger partial charge < -0.3 is 5.73 Å². The normalized spacial score (nSPS) is 11.1. The molecule has 0 bridgehead atoms. The smallest absolute Gasteiger partial charge is 0.124 e. The van der Waals surface area contributed by atoms with E-state index in [0.717, 1.165) is 16.5 Å². The number of halogens is 2. The lowest BCUT2D eigenvalue weighted by atomic mass is 10.2. The van der Waals surface area contributed by atoms with Gasteiger partial charge in [-0.2, -0.15) is 5.10 Å². The molecule has 0 fully saturated rings. The van der Waals surface area contributed by atoms with E-state index in [0.29, 0.717) is 17.3 Å². The van der Waals surface area contributed by atoms with Gasteiger partial charge >= 0.3 is 0 Å². The molecule has 19 heavy (non-hydrogen) atoms. The molecule has 0 unspecified atom stereocenters. The molecule has 0 radical (unpaired) electrons. The van der Waals surface area contributed by atoms with Gasteiger partial charge in [-0.15, -0.1) is 0 Å². The molecule has 2 N–H and O–H groups in total. The topological polar surface area (TPSA) is 43.8 Å². The fourth-order valence-corrected chi connectivity index (χ4v) is 2.25. The van der Waals surface area contributed by atoms with Crippen molar-refractivity contribution < 1.29 is 4.39 Å². The van der Waals surface area contributed by atoms with Crippen LogP contribution in [-0.2, 0) is 6.54 Å². The summed E-state index contributed by atoms with van der Waals surface area (Å²) < 4.78 is 14.8. The molecule has 0 aliphatic carbocycles. The zero-order chi connectivity index (χ0) is 13.4. The number of nitrogens with two attached hydrogens (primary N) is 1. The van der Waals surface area contributed by atoms with Crippen LogP contribution in [0.5, 0.6) is 0 Å². The van der Waals surface area contributed by atoms with Gasteiger partial charge in [-0.25, -0.2) is 4.39 Å². The van der Waals surface area contributed by atoms with Crippen molar-refractivity contribution in [3.8, 4) is 0 Å². The third-order valence-corrected chi connectivity index (χ3v) is 3.36. The van der Waals surface area contributed by atoms with Gasteiger partial charge in [-0.1, -0.05) is 17.7 Å². The van der Waals surface area contributed by atoms with E-state index in [9.17, 15) is 4.39 Å². The van der Waals surface area contributed by atoms with Crippen LogP contribution in [0.25, 0.3) is 10.9 Å².